The summed E-state index contributed by atoms with van der Waals surface area (Å²) in [5, 5.41) is 12.9. The highest BCUT2D eigenvalue weighted by Crippen LogP contribution is 2.49. The molecule has 1 aromatic rings. The van der Waals surface area contributed by atoms with Crippen LogP contribution in [0.4, 0.5) is 5.69 Å². The highest BCUT2D eigenvalue weighted by Gasteiger charge is 2.41. The molecule has 2 N–H and O–H groups in total. The van der Waals surface area contributed by atoms with Gasteiger partial charge >= 0.3 is 5.97 Å². The third-order valence-electron chi connectivity index (χ3n) is 5.54. The van der Waals surface area contributed by atoms with Gasteiger partial charge in [-0.25, -0.2) is 4.79 Å². The van der Waals surface area contributed by atoms with Crippen molar-refractivity contribution in [1.82, 2.24) is 0 Å². The zero-order valence-electron chi connectivity index (χ0n) is 14.3. The van der Waals surface area contributed by atoms with Crippen LogP contribution in [0.25, 0.3) is 0 Å². The monoisotopic (exact) mass is 337 g/mol. The van der Waals surface area contributed by atoms with Gasteiger partial charge in [-0.1, -0.05) is 42.5 Å². The minimum atomic E-state index is -0.851. The van der Waals surface area contributed by atoms with Gasteiger partial charge in [0.15, 0.2) is 0 Å². The summed E-state index contributed by atoms with van der Waals surface area (Å²) in [7, 11) is 0. The minimum absolute atomic E-state index is 0.275. The molecule has 2 aliphatic carbocycles. The first-order valence-electron chi connectivity index (χ1n) is 8.99. The van der Waals surface area contributed by atoms with Gasteiger partial charge in [-0.3, -0.25) is 0 Å². The molecule has 25 heavy (non-hydrogen) atoms. The molecule has 0 saturated heterocycles. The predicted octanol–water partition coefficient (Wildman–Crippen LogP) is 4.13. The maximum absolute atomic E-state index is 11.1. The fraction of sp³-hybridized carbons (Fsp3) is 0.381. The number of fused-ring (bicyclic) bond motifs is 3. The Hall–Kier alpha value is -2.49. The van der Waals surface area contributed by atoms with Crippen LogP contribution in [0.3, 0.4) is 0 Å². The number of carbonyl (C=O) groups is 1. The van der Waals surface area contributed by atoms with Crippen molar-refractivity contribution in [3.8, 4) is 5.75 Å². The minimum Gasteiger partial charge on any atom is -0.492 e. The van der Waals surface area contributed by atoms with Crippen molar-refractivity contribution in [2.75, 3.05) is 11.9 Å². The number of benzene rings is 1. The molecule has 0 saturated carbocycles. The molecule has 0 fully saturated rings. The molecule has 3 aliphatic rings. The first-order valence-corrected chi connectivity index (χ1v) is 8.99. The van der Waals surface area contributed by atoms with E-state index < -0.39 is 5.97 Å². The molecule has 4 heteroatoms. The summed E-state index contributed by atoms with van der Waals surface area (Å²) >= 11 is 0. The van der Waals surface area contributed by atoms with E-state index in [0.717, 1.165) is 24.3 Å². The number of hydrogen-bond donors (Lipinski definition) is 2. The molecule has 1 aliphatic heterocycles. The largest absolute Gasteiger partial charge is 0.492 e. The fourth-order valence-corrected chi connectivity index (χ4v) is 4.39. The zero-order chi connectivity index (χ0) is 17.4. The average Bonchev–Trinajstić information content (AvgIpc) is 3.12. The molecule has 4 nitrogen and oxygen atoms in total. The second-order valence-electron chi connectivity index (χ2n) is 6.90. The van der Waals surface area contributed by atoms with Crippen molar-refractivity contribution in [2.45, 2.75) is 31.7 Å². The SMILES string of the molecule is CCOc1cccc2c1N[C@@H](C1C=CC(C(=O)O)=CC1)[C@H]1CC=C[C@@H]21. The molecule has 0 amide bonds. The molecular formula is C21H23NO3. The Kier molecular flexibility index (Phi) is 4.12. The van der Waals surface area contributed by atoms with Crippen molar-refractivity contribution in [3.63, 3.8) is 0 Å². The summed E-state index contributed by atoms with van der Waals surface area (Å²) in [5.74, 6) is 1.25. The second-order valence-corrected chi connectivity index (χ2v) is 6.90. The standard InChI is InChI=1S/C21H23NO3/c1-2-25-18-8-4-7-17-15-5-3-6-16(15)19(22-20(17)18)13-9-11-14(12-10-13)21(23)24/h3-5,7-9,11-13,15-16,19,22H,2,6,10H2,1H3,(H,23,24)/t13?,15-,16+,19+/m1/s1. The van der Waals surface area contributed by atoms with E-state index >= 15 is 0 Å². The van der Waals surface area contributed by atoms with Crippen molar-refractivity contribution < 1.29 is 14.6 Å². The van der Waals surface area contributed by atoms with Gasteiger partial charge in [0.2, 0.25) is 0 Å². The van der Waals surface area contributed by atoms with Crippen LogP contribution in [0.15, 0.2) is 54.2 Å². The van der Waals surface area contributed by atoms with Crippen LogP contribution in [0, 0.1) is 11.8 Å². The first kappa shape index (κ1) is 16.0. The van der Waals surface area contributed by atoms with E-state index in [1.807, 2.05) is 19.1 Å². The van der Waals surface area contributed by atoms with Crippen LogP contribution >= 0.6 is 0 Å². The second kappa shape index (κ2) is 6.43. The number of carboxylic acids is 1. The normalized spacial score (nSPS) is 29.4. The Balaban J connectivity index is 1.66. The lowest BCUT2D eigenvalue weighted by Gasteiger charge is -2.41. The van der Waals surface area contributed by atoms with E-state index in [2.05, 4.69) is 35.7 Å². The Labute approximate surface area is 147 Å². The van der Waals surface area contributed by atoms with Crippen molar-refractivity contribution in [2.24, 2.45) is 11.8 Å². The van der Waals surface area contributed by atoms with Gasteiger partial charge in [0.1, 0.15) is 5.75 Å². The molecule has 0 spiro atoms. The first-order chi connectivity index (χ1) is 12.2. The average molecular weight is 337 g/mol. The van der Waals surface area contributed by atoms with Gasteiger partial charge in [-0.05, 0) is 37.3 Å². The lowest BCUT2D eigenvalue weighted by molar-refractivity contribution is -0.132. The van der Waals surface area contributed by atoms with Gasteiger partial charge in [-0.15, -0.1) is 0 Å². The third kappa shape index (κ3) is 2.76. The maximum Gasteiger partial charge on any atom is 0.335 e. The van der Waals surface area contributed by atoms with Gasteiger partial charge < -0.3 is 15.2 Å². The van der Waals surface area contributed by atoms with Gasteiger partial charge in [0.05, 0.1) is 17.9 Å². The summed E-state index contributed by atoms with van der Waals surface area (Å²) in [4.78, 5) is 11.1. The Morgan fingerprint density at radius 3 is 2.92 bits per heavy atom. The van der Waals surface area contributed by atoms with E-state index in [1.165, 1.54) is 5.56 Å². The number of anilines is 1. The molecule has 1 unspecified atom stereocenters. The number of hydrogen-bond acceptors (Lipinski definition) is 3. The number of carboxylic acid groups (broad SMARTS) is 1. The molecule has 130 valence electrons. The smallest absolute Gasteiger partial charge is 0.335 e. The number of rotatable bonds is 4. The van der Waals surface area contributed by atoms with Crippen LogP contribution in [0.5, 0.6) is 5.75 Å². The van der Waals surface area contributed by atoms with E-state index in [9.17, 15) is 4.79 Å². The molecule has 0 bridgehead atoms. The quantitative estimate of drug-likeness (QED) is 0.811. The van der Waals surface area contributed by atoms with E-state index in [4.69, 9.17) is 9.84 Å². The number of para-hydroxylation sites is 1. The zero-order valence-corrected chi connectivity index (χ0v) is 14.3. The topological polar surface area (TPSA) is 58.6 Å². The molecule has 4 rings (SSSR count). The summed E-state index contributed by atoms with van der Waals surface area (Å²) < 4.78 is 5.84. The summed E-state index contributed by atoms with van der Waals surface area (Å²) in [6.45, 7) is 2.64. The Morgan fingerprint density at radius 2 is 2.20 bits per heavy atom. The number of aliphatic carboxylic acids is 1. The number of ether oxygens (including phenoxy) is 1. The van der Waals surface area contributed by atoms with Gasteiger partial charge in [-0.2, -0.15) is 0 Å². The highest BCUT2D eigenvalue weighted by atomic mass is 16.5. The van der Waals surface area contributed by atoms with Gasteiger partial charge in [0, 0.05) is 17.9 Å². The van der Waals surface area contributed by atoms with Crippen LogP contribution in [0.2, 0.25) is 0 Å². The van der Waals surface area contributed by atoms with E-state index in [0.29, 0.717) is 29.9 Å². The van der Waals surface area contributed by atoms with Crippen LogP contribution in [0.1, 0.15) is 31.2 Å². The van der Waals surface area contributed by atoms with Crippen LogP contribution in [-0.2, 0) is 4.79 Å². The highest BCUT2D eigenvalue weighted by molar-refractivity contribution is 5.90. The molecular weight excluding hydrogens is 314 g/mol. The molecule has 1 aromatic carbocycles. The summed E-state index contributed by atoms with van der Waals surface area (Å²) in [6, 6.07) is 6.55. The maximum atomic E-state index is 11.1. The number of allylic oxidation sites excluding steroid dienone is 3. The summed E-state index contributed by atoms with van der Waals surface area (Å²) in [5.41, 5.74) is 2.80. The Bertz CT molecular complexity index is 777. The van der Waals surface area contributed by atoms with Crippen molar-refractivity contribution in [3.05, 3.63) is 59.7 Å². The molecule has 0 radical (unpaired) electrons. The Morgan fingerprint density at radius 1 is 1.32 bits per heavy atom. The van der Waals surface area contributed by atoms with Gasteiger partial charge in [0.25, 0.3) is 0 Å². The van der Waals surface area contributed by atoms with Crippen molar-refractivity contribution >= 4 is 11.7 Å². The van der Waals surface area contributed by atoms with Crippen molar-refractivity contribution in [1.29, 1.82) is 0 Å². The summed E-state index contributed by atoms with van der Waals surface area (Å²) in [6.07, 6.45) is 12.1. The predicted molar refractivity (Wildman–Crippen MR) is 98.0 cm³/mol. The van der Waals surface area contributed by atoms with E-state index in [1.54, 1.807) is 6.08 Å². The van der Waals surface area contributed by atoms with Crippen LogP contribution < -0.4 is 10.1 Å². The lowest BCUT2D eigenvalue weighted by atomic mass is 9.73. The fourth-order valence-electron chi connectivity index (χ4n) is 4.39. The lowest BCUT2D eigenvalue weighted by Crippen LogP contribution is -2.41. The van der Waals surface area contributed by atoms with E-state index in [-0.39, 0.29) is 6.04 Å². The molecule has 1 heterocycles. The number of nitrogens with one attached hydrogen (secondary N) is 1. The van der Waals surface area contributed by atoms with Crippen LogP contribution in [-0.4, -0.2) is 23.7 Å². The third-order valence-corrected chi connectivity index (χ3v) is 5.54. The molecule has 4 atom stereocenters. The molecule has 0 aromatic heterocycles.